The van der Waals surface area contributed by atoms with Gasteiger partial charge in [-0.25, -0.2) is 4.79 Å². The summed E-state index contributed by atoms with van der Waals surface area (Å²) in [6.45, 7) is 4.32. The Morgan fingerprint density at radius 1 is 1.33 bits per heavy atom. The Bertz CT molecular complexity index is 547. The smallest absolute Gasteiger partial charge is 0.315 e. The lowest BCUT2D eigenvalue weighted by Gasteiger charge is -2.17. The average Bonchev–Trinajstić information content (AvgIpc) is 2.95. The second-order valence-electron chi connectivity index (χ2n) is 5.48. The van der Waals surface area contributed by atoms with E-state index in [1.54, 1.807) is 12.0 Å². The molecule has 1 saturated heterocycles. The van der Waals surface area contributed by atoms with Gasteiger partial charge in [0, 0.05) is 32.0 Å². The maximum absolute atomic E-state index is 12.4. The van der Waals surface area contributed by atoms with Crippen LogP contribution in [0.5, 0.6) is 5.75 Å². The van der Waals surface area contributed by atoms with Crippen LogP contribution in [0.3, 0.4) is 0 Å². The number of carbonyl (C=O) groups is 2. The second kappa shape index (κ2) is 9.12. The van der Waals surface area contributed by atoms with Crippen molar-refractivity contribution in [2.75, 3.05) is 38.3 Å². The zero-order valence-electron chi connectivity index (χ0n) is 14.2. The van der Waals surface area contributed by atoms with Crippen molar-refractivity contribution in [3.63, 3.8) is 0 Å². The molecule has 132 valence electrons. The van der Waals surface area contributed by atoms with Crippen LogP contribution < -0.4 is 20.3 Å². The first-order chi connectivity index (χ1) is 11.7. The Morgan fingerprint density at radius 3 is 2.75 bits per heavy atom. The Labute approximate surface area is 142 Å². The highest BCUT2D eigenvalue weighted by atomic mass is 16.5. The van der Waals surface area contributed by atoms with Gasteiger partial charge in [-0.3, -0.25) is 4.79 Å². The predicted octanol–water partition coefficient (Wildman–Crippen LogP) is 1.53. The predicted molar refractivity (Wildman–Crippen MR) is 91.4 cm³/mol. The first-order valence-corrected chi connectivity index (χ1v) is 8.23. The van der Waals surface area contributed by atoms with Gasteiger partial charge in [0.2, 0.25) is 5.91 Å². The van der Waals surface area contributed by atoms with E-state index in [1.165, 1.54) is 0 Å². The molecular weight excluding hydrogens is 310 g/mol. The number of nitrogens with one attached hydrogen (secondary N) is 2. The molecule has 0 saturated carbocycles. The summed E-state index contributed by atoms with van der Waals surface area (Å²) in [4.78, 5) is 26.0. The van der Waals surface area contributed by atoms with Crippen LogP contribution in [0.25, 0.3) is 0 Å². The Hall–Kier alpha value is -2.28. The molecule has 0 radical (unpaired) electrons. The molecule has 0 bridgehead atoms. The third-order valence-corrected chi connectivity index (χ3v) is 3.85. The summed E-state index contributed by atoms with van der Waals surface area (Å²) in [5.74, 6) is 0.649. The highest BCUT2D eigenvalue weighted by Gasteiger charge is 2.33. The Balaban J connectivity index is 1.79. The summed E-state index contributed by atoms with van der Waals surface area (Å²) < 4.78 is 10.3. The molecule has 2 N–H and O–H groups in total. The van der Waals surface area contributed by atoms with Gasteiger partial charge in [0.15, 0.2) is 0 Å². The van der Waals surface area contributed by atoms with E-state index in [0.29, 0.717) is 32.7 Å². The average molecular weight is 335 g/mol. The number of rotatable bonds is 8. The standard InChI is InChI=1S/C17H25N3O4/c1-3-24-12-4-10-18-17(22)19-15-9-11-20(16(15)21)13-5-7-14(23-2)8-6-13/h5-8,15H,3-4,9-12H2,1-2H3,(H2,18,19,22). The van der Waals surface area contributed by atoms with Crippen LogP contribution in [-0.2, 0) is 9.53 Å². The first-order valence-electron chi connectivity index (χ1n) is 8.23. The minimum absolute atomic E-state index is 0.0929. The highest BCUT2D eigenvalue weighted by molar-refractivity contribution is 6.01. The third-order valence-electron chi connectivity index (χ3n) is 3.85. The summed E-state index contributed by atoms with van der Waals surface area (Å²) in [6.07, 6.45) is 1.34. The van der Waals surface area contributed by atoms with E-state index < -0.39 is 6.04 Å². The van der Waals surface area contributed by atoms with Gasteiger partial charge in [-0.1, -0.05) is 0 Å². The highest BCUT2D eigenvalue weighted by Crippen LogP contribution is 2.24. The molecule has 1 aromatic rings. The number of hydrogen-bond donors (Lipinski definition) is 2. The number of methoxy groups -OCH3 is 1. The maximum atomic E-state index is 12.4. The van der Waals surface area contributed by atoms with Gasteiger partial charge in [0.25, 0.3) is 0 Å². The van der Waals surface area contributed by atoms with E-state index >= 15 is 0 Å². The van der Waals surface area contributed by atoms with Gasteiger partial charge in [0.05, 0.1) is 7.11 Å². The van der Waals surface area contributed by atoms with Gasteiger partial charge < -0.3 is 25.0 Å². The second-order valence-corrected chi connectivity index (χ2v) is 5.48. The number of urea groups is 1. The van der Waals surface area contributed by atoms with Gasteiger partial charge >= 0.3 is 6.03 Å². The Kier molecular flexibility index (Phi) is 6.87. The summed E-state index contributed by atoms with van der Waals surface area (Å²) >= 11 is 0. The van der Waals surface area contributed by atoms with Crippen molar-refractivity contribution in [1.82, 2.24) is 10.6 Å². The maximum Gasteiger partial charge on any atom is 0.315 e. The van der Waals surface area contributed by atoms with Crippen molar-refractivity contribution >= 4 is 17.6 Å². The van der Waals surface area contributed by atoms with E-state index in [-0.39, 0.29) is 11.9 Å². The van der Waals surface area contributed by atoms with Crippen LogP contribution in [0, 0.1) is 0 Å². The van der Waals surface area contributed by atoms with Crippen LogP contribution in [0.4, 0.5) is 10.5 Å². The molecule has 24 heavy (non-hydrogen) atoms. The molecule has 0 aliphatic carbocycles. The molecule has 1 aliphatic rings. The lowest BCUT2D eigenvalue weighted by atomic mass is 10.2. The number of hydrogen-bond acceptors (Lipinski definition) is 4. The molecule has 1 fully saturated rings. The van der Waals surface area contributed by atoms with Crippen LogP contribution in [0.1, 0.15) is 19.8 Å². The third kappa shape index (κ3) is 4.86. The van der Waals surface area contributed by atoms with Gasteiger partial charge in [0.1, 0.15) is 11.8 Å². The fraction of sp³-hybridized carbons (Fsp3) is 0.529. The van der Waals surface area contributed by atoms with Crippen molar-refractivity contribution in [3.05, 3.63) is 24.3 Å². The molecule has 1 aliphatic heterocycles. The van der Waals surface area contributed by atoms with Crippen LogP contribution in [0.15, 0.2) is 24.3 Å². The monoisotopic (exact) mass is 335 g/mol. The van der Waals surface area contributed by atoms with E-state index in [0.717, 1.165) is 17.9 Å². The van der Waals surface area contributed by atoms with Crippen molar-refractivity contribution in [3.8, 4) is 5.75 Å². The van der Waals surface area contributed by atoms with Crippen LogP contribution >= 0.6 is 0 Å². The van der Waals surface area contributed by atoms with E-state index in [4.69, 9.17) is 9.47 Å². The molecule has 2 rings (SSSR count). The zero-order valence-corrected chi connectivity index (χ0v) is 14.2. The number of nitrogens with zero attached hydrogens (tertiary/aromatic N) is 1. The SMILES string of the molecule is CCOCCCNC(=O)NC1CCN(c2ccc(OC)cc2)C1=O. The molecule has 7 nitrogen and oxygen atoms in total. The quantitative estimate of drug-likeness (QED) is 0.706. The fourth-order valence-electron chi connectivity index (χ4n) is 2.56. The molecular formula is C17H25N3O4. The fourth-order valence-corrected chi connectivity index (χ4v) is 2.56. The number of carbonyl (C=O) groups excluding carboxylic acids is 2. The molecule has 7 heteroatoms. The topological polar surface area (TPSA) is 79.9 Å². The van der Waals surface area contributed by atoms with Crippen molar-refractivity contribution in [1.29, 1.82) is 0 Å². The van der Waals surface area contributed by atoms with E-state index in [2.05, 4.69) is 10.6 Å². The number of benzene rings is 1. The number of amides is 3. The lowest BCUT2D eigenvalue weighted by Crippen LogP contribution is -2.46. The van der Waals surface area contributed by atoms with E-state index in [1.807, 2.05) is 31.2 Å². The molecule has 3 amide bonds. The molecule has 1 atom stereocenters. The molecule has 0 spiro atoms. The normalized spacial score (nSPS) is 17.0. The van der Waals surface area contributed by atoms with E-state index in [9.17, 15) is 9.59 Å². The lowest BCUT2D eigenvalue weighted by molar-refractivity contribution is -0.118. The zero-order chi connectivity index (χ0) is 17.4. The molecule has 1 heterocycles. The van der Waals surface area contributed by atoms with Crippen molar-refractivity contribution in [2.24, 2.45) is 0 Å². The summed E-state index contributed by atoms with van der Waals surface area (Å²) in [5.41, 5.74) is 0.808. The number of ether oxygens (including phenoxy) is 2. The summed E-state index contributed by atoms with van der Waals surface area (Å²) in [6, 6.07) is 6.50. The minimum atomic E-state index is -0.487. The molecule has 0 aromatic heterocycles. The van der Waals surface area contributed by atoms with Gasteiger partial charge in [-0.15, -0.1) is 0 Å². The van der Waals surface area contributed by atoms with Crippen molar-refractivity contribution < 1.29 is 19.1 Å². The van der Waals surface area contributed by atoms with Gasteiger partial charge in [-0.05, 0) is 44.0 Å². The summed E-state index contributed by atoms with van der Waals surface area (Å²) in [5, 5.41) is 5.48. The number of anilines is 1. The summed E-state index contributed by atoms with van der Waals surface area (Å²) in [7, 11) is 1.60. The Morgan fingerprint density at radius 2 is 2.08 bits per heavy atom. The molecule has 1 unspecified atom stereocenters. The van der Waals surface area contributed by atoms with Crippen molar-refractivity contribution in [2.45, 2.75) is 25.8 Å². The minimum Gasteiger partial charge on any atom is -0.497 e. The van der Waals surface area contributed by atoms with Gasteiger partial charge in [-0.2, -0.15) is 0 Å². The largest absolute Gasteiger partial charge is 0.497 e. The van der Waals surface area contributed by atoms with Crippen LogP contribution in [-0.4, -0.2) is 51.4 Å². The molecule has 1 aromatic carbocycles. The van der Waals surface area contributed by atoms with Crippen LogP contribution in [0.2, 0.25) is 0 Å². The first kappa shape index (κ1) is 18.1.